The average molecular weight is 1030 g/mol. The molecular formula is C70H125NO3. The monoisotopic (exact) mass is 1030 g/mol. The number of carbonyl (C=O) groups is 1. The number of allylic oxidation sites excluding steroid dienone is 15. The molecule has 2 atom stereocenters. The zero-order chi connectivity index (χ0) is 53.4. The van der Waals surface area contributed by atoms with E-state index in [9.17, 15) is 15.0 Å². The summed E-state index contributed by atoms with van der Waals surface area (Å²) in [4.78, 5) is 12.5. The van der Waals surface area contributed by atoms with E-state index in [4.69, 9.17) is 0 Å². The Bertz CT molecular complexity index is 1350. The summed E-state index contributed by atoms with van der Waals surface area (Å²) in [6, 6.07) is -0.628. The number of nitrogens with one attached hydrogen (secondary N) is 1. The lowest BCUT2D eigenvalue weighted by Crippen LogP contribution is -2.45. The number of hydrogen-bond donors (Lipinski definition) is 3. The van der Waals surface area contributed by atoms with Crippen LogP contribution < -0.4 is 5.32 Å². The molecule has 0 fully saturated rings. The van der Waals surface area contributed by atoms with Gasteiger partial charge < -0.3 is 15.5 Å². The van der Waals surface area contributed by atoms with E-state index in [1.807, 2.05) is 6.08 Å². The molecule has 1 amide bonds. The van der Waals surface area contributed by atoms with Gasteiger partial charge in [0.05, 0.1) is 18.8 Å². The van der Waals surface area contributed by atoms with Gasteiger partial charge >= 0.3 is 0 Å². The second kappa shape index (κ2) is 64.6. The Morgan fingerprint density at radius 3 is 0.892 bits per heavy atom. The Morgan fingerprint density at radius 1 is 0.338 bits per heavy atom. The van der Waals surface area contributed by atoms with Gasteiger partial charge in [-0.05, 0) is 77.0 Å². The zero-order valence-corrected chi connectivity index (χ0v) is 49.3. The first-order chi connectivity index (χ1) is 36.7. The summed E-state index contributed by atoms with van der Waals surface area (Å²) < 4.78 is 0. The van der Waals surface area contributed by atoms with Crippen molar-refractivity contribution in [2.45, 2.75) is 334 Å². The maximum atomic E-state index is 12.5. The molecular weight excluding hydrogens is 903 g/mol. The quantitative estimate of drug-likeness (QED) is 0.0420. The van der Waals surface area contributed by atoms with Crippen LogP contribution in [0.4, 0.5) is 0 Å². The molecule has 4 heteroatoms. The second-order valence-corrected chi connectivity index (χ2v) is 21.8. The van der Waals surface area contributed by atoms with E-state index in [0.717, 1.165) is 70.6 Å². The molecule has 3 N–H and O–H groups in total. The van der Waals surface area contributed by atoms with Gasteiger partial charge in [-0.25, -0.2) is 0 Å². The lowest BCUT2D eigenvalue weighted by Gasteiger charge is -2.20. The van der Waals surface area contributed by atoms with Crippen LogP contribution in [0.25, 0.3) is 0 Å². The second-order valence-electron chi connectivity index (χ2n) is 21.8. The topological polar surface area (TPSA) is 69.6 Å². The highest BCUT2D eigenvalue weighted by atomic mass is 16.3. The molecule has 0 bridgehead atoms. The minimum absolute atomic E-state index is 0.0631. The molecule has 0 aliphatic heterocycles. The Kier molecular flexibility index (Phi) is 62.2. The summed E-state index contributed by atoms with van der Waals surface area (Å²) in [5.41, 5.74) is 0. The van der Waals surface area contributed by atoms with E-state index in [1.54, 1.807) is 6.08 Å². The predicted molar refractivity (Wildman–Crippen MR) is 331 cm³/mol. The van der Waals surface area contributed by atoms with Crippen molar-refractivity contribution >= 4 is 5.91 Å². The van der Waals surface area contributed by atoms with Gasteiger partial charge in [0.25, 0.3) is 0 Å². The Balaban J connectivity index is 3.50. The summed E-state index contributed by atoms with van der Waals surface area (Å²) >= 11 is 0. The highest BCUT2D eigenvalue weighted by Crippen LogP contribution is 2.17. The molecule has 428 valence electrons. The van der Waals surface area contributed by atoms with Crippen LogP contribution in [0.2, 0.25) is 0 Å². The normalized spacial score (nSPS) is 13.4. The van der Waals surface area contributed by atoms with Gasteiger partial charge in [-0.2, -0.15) is 0 Å². The first-order valence-corrected chi connectivity index (χ1v) is 32.5. The first kappa shape index (κ1) is 71.3. The summed E-state index contributed by atoms with van der Waals surface area (Å²) in [7, 11) is 0. The third kappa shape index (κ3) is 60.2. The fraction of sp³-hybridized carbons (Fsp3) is 0.757. The zero-order valence-electron chi connectivity index (χ0n) is 49.3. The number of hydrogen-bond acceptors (Lipinski definition) is 3. The summed E-state index contributed by atoms with van der Waals surface area (Å²) in [6.07, 6.45) is 96.0. The summed E-state index contributed by atoms with van der Waals surface area (Å²) in [6.45, 7) is 4.22. The van der Waals surface area contributed by atoms with E-state index < -0.39 is 12.1 Å². The molecule has 0 aromatic rings. The number of aliphatic hydroxyl groups excluding tert-OH is 2. The van der Waals surface area contributed by atoms with E-state index in [0.29, 0.717) is 6.42 Å². The molecule has 0 aromatic carbocycles. The van der Waals surface area contributed by atoms with Crippen LogP contribution in [-0.4, -0.2) is 34.9 Å². The molecule has 0 spiro atoms. The number of amides is 1. The molecule has 0 saturated heterocycles. The van der Waals surface area contributed by atoms with E-state index in [-0.39, 0.29) is 12.5 Å². The smallest absolute Gasteiger partial charge is 0.220 e. The molecule has 0 radical (unpaired) electrons. The lowest BCUT2D eigenvalue weighted by atomic mass is 10.0. The van der Waals surface area contributed by atoms with Gasteiger partial charge in [-0.3, -0.25) is 4.79 Å². The van der Waals surface area contributed by atoms with Crippen LogP contribution in [0.3, 0.4) is 0 Å². The van der Waals surface area contributed by atoms with Crippen molar-refractivity contribution in [3.63, 3.8) is 0 Å². The number of unbranched alkanes of at least 4 members (excludes halogenated alkanes) is 38. The van der Waals surface area contributed by atoms with Gasteiger partial charge in [0.1, 0.15) is 0 Å². The highest BCUT2D eigenvalue weighted by molar-refractivity contribution is 5.76. The Labute approximate surface area is 462 Å². The minimum atomic E-state index is -0.845. The van der Waals surface area contributed by atoms with Crippen molar-refractivity contribution in [2.75, 3.05) is 6.61 Å². The molecule has 0 aliphatic carbocycles. The minimum Gasteiger partial charge on any atom is -0.394 e. The fourth-order valence-corrected chi connectivity index (χ4v) is 9.69. The molecule has 0 saturated carbocycles. The number of aliphatic hydroxyl groups is 2. The molecule has 4 nitrogen and oxygen atoms in total. The van der Waals surface area contributed by atoms with Crippen molar-refractivity contribution in [2.24, 2.45) is 0 Å². The first-order valence-electron chi connectivity index (χ1n) is 32.5. The lowest BCUT2D eigenvalue weighted by molar-refractivity contribution is -0.123. The molecule has 2 unspecified atom stereocenters. The average Bonchev–Trinajstić information content (AvgIpc) is 3.40. The van der Waals surface area contributed by atoms with Crippen molar-refractivity contribution < 1.29 is 15.0 Å². The van der Waals surface area contributed by atoms with Gasteiger partial charge in [0.2, 0.25) is 5.91 Å². The van der Waals surface area contributed by atoms with Crippen molar-refractivity contribution in [1.29, 1.82) is 0 Å². The number of carbonyl (C=O) groups excluding carboxylic acids is 1. The molecule has 0 rings (SSSR count). The summed E-state index contributed by atoms with van der Waals surface area (Å²) in [5, 5.41) is 23.3. The standard InChI is InChI=1S/C70H125NO3/c1-3-5-7-9-11-13-15-17-19-21-23-25-27-29-30-31-32-33-34-35-36-37-38-39-40-42-44-46-48-50-52-54-56-58-60-62-64-66-70(74)71-68(67-72)69(73)65-63-61-59-57-55-53-51-49-47-45-43-41-28-26-24-22-20-18-16-14-12-10-8-6-4-2/h5,7,11,13,17,19,23,25,29-30,32-33,35-36,63,65,68-69,72-73H,3-4,6,8-10,12,14-16,18,20-22,24,26-28,31,34,37-62,64,66-67H2,1-2H3,(H,71,74)/b7-5-,13-11-,19-17-,25-23-,30-29-,33-32-,36-35-,65-63+. The fourth-order valence-electron chi connectivity index (χ4n) is 9.69. The van der Waals surface area contributed by atoms with Crippen LogP contribution in [0.1, 0.15) is 322 Å². The van der Waals surface area contributed by atoms with Gasteiger partial charge in [0, 0.05) is 6.42 Å². The van der Waals surface area contributed by atoms with Gasteiger partial charge in [0.15, 0.2) is 0 Å². The van der Waals surface area contributed by atoms with Gasteiger partial charge in [-0.15, -0.1) is 0 Å². The van der Waals surface area contributed by atoms with Crippen molar-refractivity contribution in [1.82, 2.24) is 5.32 Å². The third-order valence-corrected chi connectivity index (χ3v) is 14.6. The van der Waals surface area contributed by atoms with Crippen LogP contribution in [-0.2, 0) is 4.79 Å². The Hall–Kier alpha value is -2.69. The maximum absolute atomic E-state index is 12.5. The summed E-state index contributed by atoms with van der Waals surface area (Å²) in [5.74, 6) is -0.0631. The highest BCUT2D eigenvalue weighted by Gasteiger charge is 2.18. The van der Waals surface area contributed by atoms with Crippen LogP contribution in [0.15, 0.2) is 97.2 Å². The van der Waals surface area contributed by atoms with E-state index in [1.165, 1.54) is 231 Å². The van der Waals surface area contributed by atoms with Crippen molar-refractivity contribution in [3.05, 3.63) is 97.2 Å². The Morgan fingerprint density at radius 2 is 0.595 bits per heavy atom. The van der Waals surface area contributed by atoms with Crippen molar-refractivity contribution in [3.8, 4) is 0 Å². The molecule has 0 aromatic heterocycles. The third-order valence-electron chi connectivity index (χ3n) is 14.6. The van der Waals surface area contributed by atoms with Crippen LogP contribution in [0, 0.1) is 0 Å². The van der Waals surface area contributed by atoms with Crippen LogP contribution in [0.5, 0.6) is 0 Å². The van der Waals surface area contributed by atoms with Crippen LogP contribution >= 0.6 is 0 Å². The largest absolute Gasteiger partial charge is 0.394 e. The SMILES string of the molecule is CC/C=C\C/C=C\C/C=C\C/C=C\C/C=C\C/C=C\C/C=C\CCCCCCCCCCCCCCCCCC(=O)NC(CO)C(O)/C=C/CCCCCCCCCCCCCCCCCCCCCCCCC. The predicted octanol–water partition coefficient (Wildman–Crippen LogP) is 22.0. The van der Waals surface area contributed by atoms with E-state index in [2.05, 4.69) is 104 Å². The molecule has 74 heavy (non-hydrogen) atoms. The molecule has 0 heterocycles. The molecule has 0 aliphatic rings. The maximum Gasteiger partial charge on any atom is 0.220 e. The number of rotatable bonds is 59. The van der Waals surface area contributed by atoms with Gasteiger partial charge in [-0.1, -0.05) is 336 Å². The van der Waals surface area contributed by atoms with E-state index >= 15 is 0 Å².